The van der Waals surface area contributed by atoms with Crippen molar-refractivity contribution in [1.29, 1.82) is 0 Å². The van der Waals surface area contributed by atoms with E-state index in [1.54, 1.807) is 0 Å². The van der Waals surface area contributed by atoms with Gasteiger partial charge < -0.3 is 15.2 Å². The van der Waals surface area contributed by atoms with Crippen molar-refractivity contribution in [3.8, 4) is 5.75 Å². The first-order valence-electron chi connectivity index (χ1n) is 10.2. The van der Waals surface area contributed by atoms with Crippen molar-refractivity contribution < 1.29 is 19.4 Å². The van der Waals surface area contributed by atoms with Crippen LogP contribution in [0.3, 0.4) is 0 Å². The first-order valence-corrected chi connectivity index (χ1v) is 10.2. The van der Waals surface area contributed by atoms with Crippen molar-refractivity contribution in [2.75, 3.05) is 13.2 Å². The quantitative estimate of drug-likeness (QED) is 0.759. The molecule has 1 saturated carbocycles. The summed E-state index contributed by atoms with van der Waals surface area (Å²) in [5, 5.41) is 13.3. The van der Waals surface area contributed by atoms with E-state index in [0.717, 1.165) is 23.3 Å². The molecule has 1 heterocycles. The normalized spacial score (nSPS) is 26.5. The zero-order valence-electron chi connectivity index (χ0n) is 17.3. The van der Waals surface area contributed by atoms with E-state index in [2.05, 4.69) is 33.0 Å². The molecule has 1 aliphatic heterocycles. The lowest BCUT2D eigenvalue weighted by Crippen LogP contribution is -2.49. The molecule has 0 aromatic heterocycles. The van der Waals surface area contributed by atoms with Crippen LogP contribution in [-0.4, -0.2) is 46.7 Å². The molecule has 154 valence electrons. The highest BCUT2D eigenvalue weighted by Crippen LogP contribution is 2.36. The Morgan fingerprint density at radius 1 is 1.25 bits per heavy atom. The fourth-order valence-corrected chi connectivity index (χ4v) is 4.10. The van der Waals surface area contributed by atoms with Crippen LogP contribution in [0.4, 0.5) is 4.79 Å². The average molecular weight is 389 g/mol. The van der Waals surface area contributed by atoms with E-state index in [9.17, 15) is 14.7 Å². The second-order valence-corrected chi connectivity index (χ2v) is 9.32. The molecule has 2 aliphatic rings. The van der Waals surface area contributed by atoms with Crippen LogP contribution >= 0.6 is 0 Å². The molecule has 1 aromatic rings. The number of rotatable bonds is 5. The van der Waals surface area contributed by atoms with Crippen LogP contribution in [0.2, 0.25) is 0 Å². The van der Waals surface area contributed by atoms with Crippen LogP contribution in [0.5, 0.6) is 5.75 Å². The molecule has 3 amide bonds. The Morgan fingerprint density at radius 2 is 1.89 bits per heavy atom. The summed E-state index contributed by atoms with van der Waals surface area (Å²) in [5.74, 6) is 1.08. The lowest BCUT2D eigenvalue weighted by atomic mass is 9.77. The minimum absolute atomic E-state index is 0.0220. The third kappa shape index (κ3) is 4.17. The second-order valence-electron chi connectivity index (χ2n) is 9.32. The van der Waals surface area contributed by atoms with Gasteiger partial charge in [-0.3, -0.25) is 9.69 Å². The first kappa shape index (κ1) is 20.6. The molecule has 1 saturated heterocycles. The number of hydrogen-bond acceptors (Lipinski definition) is 4. The summed E-state index contributed by atoms with van der Waals surface area (Å²) in [7, 11) is 0. The third-order valence-electron chi connectivity index (χ3n) is 5.89. The van der Waals surface area contributed by atoms with E-state index in [4.69, 9.17) is 4.74 Å². The number of para-hydroxylation sites is 1. The third-order valence-corrected chi connectivity index (χ3v) is 5.89. The number of amides is 3. The maximum Gasteiger partial charge on any atom is 0.325 e. The number of carbonyl (C=O) groups excluding carboxylic acids is 2. The van der Waals surface area contributed by atoms with Gasteiger partial charge in [0, 0.05) is 0 Å². The standard InChI is InChI=1S/C22H32N2O4/c1-15-9-11-22(12-10-15)19(26)24(20(27)23-22)13-16(25)14-28-18-8-6-5-7-17(18)21(2,3)4/h5-8,15-16,25H,9-14H2,1-4H3,(H,23,27). The van der Waals surface area contributed by atoms with Crippen LogP contribution in [0.25, 0.3) is 0 Å². The number of nitrogens with zero attached hydrogens (tertiary/aromatic N) is 1. The number of carbonyl (C=O) groups is 2. The Bertz CT molecular complexity index is 732. The minimum Gasteiger partial charge on any atom is -0.491 e. The van der Waals surface area contributed by atoms with E-state index < -0.39 is 17.7 Å². The van der Waals surface area contributed by atoms with Gasteiger partial charge in [0.2, 0.25) is 0 Å². The van der Waals surface area contributed by atoms with Crippen molar-refractivity contribution in [1.82, 2.24) is 10.2 Å². The molecular formula is C22H32N2O4. The van der Waals surface area contributed by atoms with Gasteiger partial charge in [-0.25, -0.2) is 4.79 Å². The van der Waals surface area contributed by atoms with E-state index in [-0.39, 0.29) is 24.5 Å². The summed E-state index contributed by atoms with van der Waals surface area (Å²) in [4.78, 5) is 26.4. The van der Waals surface area contributed by atoms with Gasteiger partial charge in [0.25, 0.3) is 5.91 Å². The van der Waals surface area contributed by atoms with Gasteiger partial charge in [-0.15, -0.1) is 0 Å². The number of aliphatic hydroxyl groups is 1. The van der Waals surface area contributed by atoms with Crippen LogP contribution in [0, 0.1) is 5.92 Å². The number of benzene rings is 1. The van der Waals surface area contributed by atoms with Gasteiger partial charge in [0.1, 0.15) is 24.0 Å². The zero-order chi connectivity index (χ0) is 20.5. The monoisotopic (exact) mass is 388 g/mol. The number of hydrogen-bond donors (Lipinski definition) is 2. The molecule has 28 heavy (non-hydrogen) atoms. The van der Waals surface area contributed by atoms with Crippen LogP contribution in [0.15, 0.2) is 24.3 Å². The summed E-state index contributed by atoms with van der Waals surface area (Å²) in [6.45, 7) is 8.44. The molecule has 1 aliphatic carbocycles. The van der Waals surface area contributed by atoms with Gasteiger partial charge in [0.05, 0.1) is 6.54 Å². The van der Waals surface area contributed by atoms with Crippen molar-refractivity contribution in [2.45, 2.75) is 70.4 Å². The highest BCUT2D eigenvalue weighted by molar-refractivity contribution is 6.07. The Kier molecular flexibility index (Phi) is 5.71. The van der Waals surface area contributed by atoms with E-state index >= 15 is 0 Å². The number of urea groups is 1. The van der Waals surface area contributed by atoms with E-state index in [1.807, 2.05) is 24.3 Å². The molecule has 2 N–H and O–H groups in total. The maximum atomic E-state index is 12.9. The number of ether oxygens (including phenoxy) is 1. The van der Waals surface area contributed by atoms with E-state index in [1.165, 1.54) is 0 Å². The molecule has 6 heteroatoms. The van der Waals surface area contributed by atoms with Gasteiger partial charge in [0.15, 0.2) is 0 Å². The minimum atomic E-state index is -0.944. The highest BCUT2D eigenvalue weighted by atomic mass is 16.5. The summed E-state index contributed by atoms with van der Waals surface area (Å²) < 4.78 is 5.84. The van der Waals surface area contributed by atoms with Gasteiger partial charge >= 0.3 is 6.03 Å². The summed E-state index contributed by atoms with van der Waals surface area (Å²) in [5.41, 5.74) is 0.187. The summed E-state index contributed by atoms with van der Waals surface area (Å²) in [6, 6.07) is 7.32. The number of aliphatic hydroxyl groups excluding tert-OH is 1. The average Bonchev–Trinajstić information content (AvgIpc) is 2.86. The zero-order valence-corrected chi connectivity index (χ0v) is 17.3. The Morgan fingerprint density at radius 3 is 2.54 bits per heavy atom. The Labute approximate surface area is 167 Å². The molecule has 1 unspecified atom stereocenters. The van der Waals surface area contributed by atoms with E-state index in [0.29, 0.717) is 24.5 Å². The molecule has 6 nitrogen and oxygen atoms in total. The molecule has 0 bridgehead atoms. The van der Waals surface area contributed by atoms with Crippen molar-refractivity contribution in [3.63, 3.8) is 0 Å². The molecule has 0 radical (unpaired) electrons. The second kappa shape index (κ2) is 7.74. The molecule has 1 atom stereocenters. The molecular weight excluding hydrogens is 356 g/mol. The molecule has 2 fully saturated rings. The van der Waals surface area contributed by atoms with Crippen molar-refractivity contribution in [3.05, 3.63) is 29.8 Å². The van der Waals surface area contributed by atoms with Crippen LogP contribution in [-0.2, 0) is 10.2 Å². The predicted molar refractivity (Wildman–Crippen MR) is 107 cm³/mol. The SMILES string of the molecule is CC1CCC2(CC1)NC(=O)N(CC(O)COc1ccccc1C(C)(C)C)C2=O. The lowest BCUT2D eigenvalue weighted by Gasteiger charge is -2.33. The topological polar surface area (TPSA) is 78.9 Å². The molecule has 3 rings (SSSR count). The van der Waals surface area contributed by atoms with Gasteiger partial charge in [-0.2, -0.15) is 0 Å². The largest absolute Gasteiger partial charge is 0.491 e. The summed E-state index contributed by atoms with van der Waals surface area (Å²) in [6.07, 6.45) is 2.24. The fraction of sp³-hybridized carbons (Fsp3) is 0.636. The van der Waals surface area contributed by atoms with Gasteiger partial charge in [-0.1, -0.05) is 45.9 Å². The van der Waals surface area contributed by atoms with Crippen LogP contribution in [0.1, 0.15) is 58.9 Å². The number of nitrogens with one attached hydrogen (secondary N) is 1. The number of imide groups is 1. The number of β-amino-alcohol motifs (C(OH)–C–C–N with tert-alkyl or cyclic N) is 1. The smallest absolute Gasteiger partial charge is 0.325 e. The fourth-order valence-electron chi connectivity index (χ4n) is 4.10. The van der Waals surface area contributed by atoms with Gasteiger partial charge in [-0.05, 0) is 48.6 Å². The first-order chi connectivity index (χ1) is 13.1. The van der Waals surface area contributed by atoms with Crippen LogP contribution < -0.4 is 10.1 Å². The predicted octanol–water partition coefficient (Wildman–Crippen LogP) is 3.22. The Balaban J connectivity index is 1.61. The molecule has 1 spiro atoms. The maximum absolute atomic E-state index is 12.9. The molecule has 1 aromatic carbocycles. The van der Waals surface area contributed by atoms with Crippen molar-refractivity contribution in [2.24, 2.45) is 5.92 Å². The van der Waals surface area contributed by atoms with Crippen molar-refractivity contribution >= 4 is 11.9 Å². The lowest BCUT2D eigenvalue weighted by molar-refractivity contribution is -0.133. The Hall–Kier alpha value is -2.08. The highest BCUT2D eigenvalue weighted by Gasteiger charge is 2.52. The summed E-state index contributed by atoms with van der Waals surface area (Å²) >= 11 is 0.